The molecule has 7 heteroatoms. The summed E-state index contributed by atoms with van der Waals surface area (Å²) in [4.78, 5) is 0. The van der Waals surface area contributed by atoms with Crippen LogP contribution >= 0.6 is 23.2 Å². The van der Waals surface area contributed by atoms with Crippen molar-refractivity contribution in [2.45, 2.75) is 6.42 Å². The predicted molar refractivity (Wildman–Crippen MR) is 91.1 cm³/mol. The van der Waals surface area contributed by atoms with Crippen molar-refractivity contribution in [2.75, 3.05) is 11.9 Å². The molecule has 0 saturated carbocycles. The van der Waals surface area contributed by atoms with E-state index in [0.29, 0.717) is 33.7 Å². The average Bonchev–Trinajstić information content (AvgIpc) is 3.11. The molecule has 3 nitrogen and oxygen atoms in total. The summed E-state index contributed by atoms with van der Waals surface area (Å²) in [6.07, 6.45) is 0.717. The molecule has 0 amide bonds. The molecule has 1 N–H and O–H groups in total. The zero-order valence-electron chi connectivity index (χ0n) is 12.3. The fourth-order valence-electron chi connectivity index (χ4n) is 2.93. The maximum atomic E-state index is 14.2. The van der Waals surface area contributed by atoms with Gasteiger partial charge in [-0.15, -0.1) is 0 Å². The molecule has 3 aromatic rings. The Morgan fingerprint density at radius 2 is 1.83 bits per heavy atom. The van der Waals surface area contributed by atoms with Crippen molar-refractivity contribution in [3.05, 3.63) is 63.6 Å². The van der Waals surface area contributed by atoms with Gasteiger partial charge in [0.25, 0.3) is 0 Å². The second-order valence-electron chi connectivity index (χ2n) is 5.46. The van der Waals surface area contributed by atoms with Gasteiger partial charge >= 0.3 is 0 Å². The van der Waals surface area contributed by atoms with Crippen LogP contribution in [0.1, 0.15) is 5.56 Å². The van der Waals surface area contributed by atoms with Gasteiger partial charge in [0, 0.05) is 23.7 Å². The van der Waals surface area contributed by atoms with Crippen LogP contribution in [0.25, 0.3) is 16.9 Å². The third kappa shape index (κ3) is 2.36. The van der Waals surface area contributed by atoms with Gasteiger partial charge in [-0.3, -0.25) is 0 Å². The third-order valence-electron chi connectivity index (χ3n) is 3.99. The van der Waals surface area contributed by atoms with E-state index in [1.54, 1.807) is 18.2 Å². The largest absolute Gasteiger partial charge is 0.369 e. The summed E-state index contributed by atoms with van der Waals surface area (Å²) in [5, 5.41) is 8.65. The van der Waals surface area contributed by atoms with Crippen LogP contribution < -0.4 is 5.32 Å². The van der Waals surface area contributed by atoms with E-state index in [-0.39, 0.29) is 5.69 Å². The molecule has 2 aromatic carbocycles. The molecule has 1 aromatic heterocycles. The van der Waals surface area contributed by atoms with E-state index in [2.05, 4.69) is 10.4 Å². The summed E-state index contributed by atoms with van der Waals surface area (Å²) in [5.41, 5.74) is 2.29. The molecular weight excluding hydrogens is 355 g/mol. The van der Waals surface area contributed by atoms with Crippen LogP contribution in [-0.2, 0) is 6.42 Å². The number of hydrogen-bond donors (Lipinski definition) is 1. The van der Waals surface area contributed by atoms with E-state index in [1.807, 2.05) is 0 Å². The summed E-state index contributed by atoms with van der Waals surface area (Å²) >= 11 is 12.6. The van der Waals surface area contributed by atoms with Crippen molar-refractivity contribution in [1.29, 1.82) is 0 Å². The summed E-state index contributed by atoms with van der Waals surface area (Å²) in [6.45, 7) is 0.699. The predicted octanol–water partition coefficient (Wildman–Crippen LogP) is 5.09. The first-order chi connectivity index (χ1) is 11.6. The van der Waals surface area contributed by atoms with Crippen LogP contribution in [0.15, 0.2) is 36.4 Å². The number of fused-ring (bicyclic) bond motifs is 1. The van der Waals surface area contributed by atoms with Crippen LogP contribution in [-0.4, -0.2) is 16.3 Å². The lowest BCUT2D eigenvalue weighted by Crippen LogP contribution is -2.06. The Hall–Kier alpha value is -2.11. The highest BCUT2D eigenvalue weighted by atomic mass is 35.5. The smallest absolute Gasteiger partial charge is 0.151 e. The number of nitrogens with zero attached hydrogens (tertiary/aromatic N) is 2. The monoisotopic (exact) mass is 365 g/mol. The van der Waals surface area contributed by atoms with E-state index in [9.17, 15) is 8.78 Å². The molecule has 1 aliphatic heterocycles. The van der Waals surface area contributed by atoms with Gasteiger partial charge in [-0.25, -0.2) is 13.5 Å². The highest BCUT2D eigenvalue weighted by Crippen LogP contribution is 2.41. The summed E-state index contributed by atoms with van der Waals surface area (Å²) < 4.78 is 28.8. The third-order valence-corrected chi connectivity index (χ3v) is 4.62. The molecule has 0 radical (unpaired) electrons. The van der Waals surface area contributed by atoms with E-state index >= 15 is 0 Å². The molecule has 1 aliphatic rings. The Morgan fingerprint density at radius 1 is 1.08 bits per heavy atom. The zero-order chi connectivity index (χ0) is 16.8. The van der Waals surface area contributed by atoms with Gasteiger partial charge < -0.3 is 5.32 Å². The quantitative estimate of drug-likeness (QED) is 0.685. The van der Waals surface area contributed by atoms with Crippen LogP contribution in [0.4, 0.5) is 14.6 Å². The molecule has 122 valence electrons. The van der Waals surface area contributed by atoms with Crippen molar-refractivity contribution < 1.29 is 8.78 Å². The molecule has 0 unspecified atom stereocenters. The Labute approximate surface area is 146 Å². The Morgan fingerprint density at radius 3 is 2.54 bits per heavy atom. The fourth-order valence-corrected chi connectivity index (χ4v) is 3.50. The molecular formula is C17H11Cl2F2N3. The highest BCUT2D eigenvalue weighted by molar-refractivity contribution is 6.39. The number of hydrogen-bond acceptors (Lipinski definition) is 2. The van der Waals surface area contributed by atoms with Gasteiger partial charge in [-0.2, -0.15) is 5.10 Å². The fraction of sp³-hybridized carbons (Fsp3) is 0.118. The lowest BCUT2D eigenvalue weighted by atomic mass is 10.1. The topological polar surface area (TPSA) is 29.9 Å². The first kappa shape index (κ1) is 15.4. The summed E-state index contributed by atoms with van der Waals surface area (Å²) in [7, 11) is 0. The van der Waals surface area contributed by atoms with Gasteiger partial charge in [0.1, 0.15) is 23.0 Å². The first-order valence-electron chi connectivity index (χ1n) is 7.32. The molecule has 0 aliphatic carbocycles. The number of rotatable bonds is 2. The Kier molecular flexibility index (Phi) is 3.70. The van der Waals surface area contributed by atoms with Gasteiger partial charge in [0.15, 0.2) is 5.82 Å². The minimum atomic E-state index is -0.689. The highest BCUT2D eigenvalue weighted by Gasteiger charge is 2.27. The number of nitrogens with one attached hydrogen (secondary N) is 1. The molecule has 24 heavy (non-hydrogen) atoms. The summed E-state index contributed by atoms with van der Waals surface area (Å²) in [6, 6.07) is 8.60. The van der Waals surface area contributed by atoms with Crippen molar-refractivity contribution in [2.24, 2.45) is 0 Å². The van der Waals surface area contributed by atoms with Crippen LogP contribution in [0.3, 0.4) is 0 Å². The van der Waals surface area contributed by atoms with Crippen molar-refractivity contribution >= 4 is 29.0 Å². The Balaban J connectivity index is 1.96. The first-order valence-corrected chi connectivity index (χ1v) is 8.07. The number of benzene rings is 2. The number of aromatic nitrogens is 2. The lowest BCUT2D eigenvalue weighted by molar-refractivity contribution is 0.574. The SMILES string of the molecule is Fc1ccc(-n2nc(-c3c(Cl)cccc3Cl)c3c2NCC3)c(F)c1. The van der Waals surface area contributed by atoms with Crippen molar-refractivity contribution in [3.8, 4) is 16.9 Å². The minimum Gasteiger partial charge on any atom is -0.369 e. The molecule has 0 bridgehead atoms. The van der Waals surface area contributed by atoms with Gasteiger partial charge in [0.05, 0.1) is 10.0 Å². The van der Waals surface area contributed by atoms with E-state index in [1.165, 1.54) is 16.8 Å². The van der Waals surface area contributed by atoms with Crippen molar-refractivity contribution in [1.82, 2.24) is 9.78 Å². The second kappa shape index (κ2) is 5.76. The molecule has 0 atom stereocenters. The van der Waals surface area contributed by atoms with Crippen LogP contribution in [0.2, 0.25) is 10.0 Å². The van der Waals surface area contributed by atoms with E-state index in [4.69, 9.17) is 23.2 Å². The zero-order valence-corrected chi connectivity index (χ0v) is 13.8. The maximum absolute atomic E-state index is 14.2. The van der Waals surface area contributed by atoms with Crippen LogP contribution in [0, 0.1) is 11.6 Å². The standard InChI is InChI=1S/C17H11Cl2F2N3/c18-11-2-1-3-12(19)15(11)16-10-6-7-22-17(10)24(23-16)14-5-4-9(20)8-13(14)21/h1-5,8,22H,6-7H2. The second-order valence-corrected chi connectivity index (χ2v) is 6.27. The van der Waals surface area contributed by atoms with Gasteiger partial charge in [-0.05, 0) is 30.7 Å². The van der Waals surface area contributed by atoms with Crippen molar-refractivity contribution in [3.63, 3.8) is 0 Å². The maximum Gasteiger partial charge on any atom is 0.151 e. The minimum absolute atomic E-state index is 0.163. The number of halogens is 4. The molecule has 0 spiro atoms. The van der Waals surface area contributed by atoms with E-state index in [0.717, 1.165) is 18.1 Å². The lowest BCUT2D eigenvalue weighted by Gasteiger charge is -2.08. The molecule has 2 heterocycles. The number of anilines is 1. The molecule has 0 saturated heterocycles. The van der Waals surface area contributed by atoms with Crippen LogP contribution in [0.5, 0.6) is 0 Å². The molecule has 0 fully saturated rings. The Bertz CT molecular complexity index is 933. The summed E-state index contributed by atoms with van der Waals surface area (Å²) in [5.74, 6) is -0.653. The van der Waals surface area contributed by atoms with E-state index < -0.39 is 11.6 Å². The average molecular weight is 366 g/mol. The van der Waals surface area contributed by atoms with Gasteiger partial charge in [0.2, 0.25) is 0 Å². The molecule has 4 rings (SSSR count). The normalized spacial score (nSPS) is 13.0. The van der Waals surface area contributed by atoms with Gasteiger partial charge in [-0.1, -0.05) is 29.3 Å².